The summed E-state index contributed by atoms with van der Waals surface area (Å²) in [6.45, 7) is 2.06. The van der Waals surface area contributed by atoms with Crippen LogP contribution in [0.2, 0.25) is 0 Å². The summed E-state index contributed by atoms with van der Waals surface area (Å²) in [5.41, 5.74) is 1.96. The normalized spacial score (nSPS) is 10.7. The Balaban J connectivity index is 1.69. The average molecular weight is 298 g/mol. The van der Waals surface area contributed by atoms with Crippen molar-refractivity contribution in [1.29, 1.82) is 0 Å². The number of benzene rings is 2. The molecule has 1 aromatic heterocycles. The van der Waals surface area contributed by atoms with Gasteiger partial charge in [0, 0.05) is 10.5 Å². The van der Waals surface area contributed by atoms with Gasteiger partial charge >= 0.3 is 0 Å². The second-order valence-corrected chi connectivity index (χ2v) is 5.72. The fourth-order valence-electron chi connectivity index (χ4n) is 1.85. The van der Waals surface area contributed by atoms with Crippen molar-refractivity contribution in [3.05, 3.63) is 59.9 Å². The van der Waals surface area contributed by atoms with E-state index in [1.165, 1.54) is 10.5 Å². The second kappa shape index (κ2) is 6.01. The molecule has 0 aliphatic rings. The number of aromatic hydroxyl groups is 1. The number of hydrogen-bond acceptors (Lipinski definition) is 5. The Morgan fingerprint density at radius 1 is 1.14 bits per heavy atom. The Bertz CT molecular complexity index is 738. The number of hydrogen-bond donors (Lipinski definition) is 1. The number of aromatic nitrogens is 2. The molecule has 0 atom stereocenters. The molecule has 0 aliphatic carbocycles. The van der Waals surface area contributed by atoms with Gasteiger partial charge in [-0.15, -0.1) is 11.8 Å². The van der Waals surface area contributed by atoms with Gasteiger partial charge in [-0.25, -0.2) is 0 Å². The van der Waals surface area contributed by atoms with Crippen LogP contribution in [0.5, 0.6) is 5.75 Å². The summed E-state index contributed by atoms with van der Waals surface area (Å²) in [6.07, 6.45) is 0. The van der Waals surface area contributed by atoms with Gasteiger partial charge in [0.15, 0.2) is 5.82 Å². The maximum atomic E-state index is 9.46. The maximum absolute atomic E-state index is 9.46. The van der Waals surface area contributed by atoms with Crippen molar-refractivity contribution in [2.75, 3.05) is 0 Å². The van der Waals surface area contributed by atoms with Crippen LogP contribution in [0.3, 0.4) is 0 Å². The molecular formula is C16H14N2O2S. The van der Waals surface area contributed by atoms with Crippen molar-refractivity contribution in [2.45, 2.75) is 17.6 Å². The van der Waals surface area contributed by atoms with E-state index < -0.39 is 0 Å². The maximum Gasteiger partial charge on any atom is 0.258 e. The molecule has 2 aromatic carbocycles. The lowest BCUT2D eigenvalue weighted by Crippen LogP contribution is -1.84. The zero-order valence-electron chi connectivity index (χ0n) is 11.5. The Morgan fingerprint density at radius 3 is 2.71 bits per heavy atom. The number of rotatable bonds is 4. The molecule has 0 aliphatic heterocycles. The van der Waals surface area contributed by atoms with E-state index in [4.69, 9.17) is 4.52 Å². The van der Waals surface area contributed by atoms with Crippen LogP contribution in [0.4, 0.5) is 0 Å². The van der Waals surface area contributed by atoms with Gasteiger partial charge in [-0.3, -0.25) is 0 Å². The van der Waals surface area contributed by atoms with E-state index in [1.54, 1.807) is 30.0 Å². The Labute approximate surface area is 126 Å². The highest BCUT2D eigenvalue weighted by molar-refractivity contribution is 7.98. The van der Waals surface area contributed by atoms with E-state index in [-0.39, 0.29) is 5.75 Å². The molecule has 0 unspecified atom stereocenters. The molecular weight excluding hydrogens is 284 g/mol. The lowest BCUT2D eigenvalue weighted by atomic mass is 10.2. The van der Waals surface area contributed by atoms with Crippen LogP contribution < -0.4 is 0 Å². The predicted molar refractivity (Wildman–Crippen MR) is 82.1 cm³/mol. The summed E-state index contributed by atoms with van der Waals surface area (Å²) in [5, 5.41) is 13.4. The number of thioether (sulfide) groups is 1. The Kier molecular flexibility index (Phi) is 3.92. The molecule has 21 heavy (non-hydrogen) atoms. The number of nitrogens with zero attached hydrogens (tertiary/aromatic N) is 2. The molecule has 4 nitrogen and oxygen atoms in total. The van der Waals surface area contributed by atoms with Gasteiger partial charge in [-0.2, -0.15) is 4.98 Å². The lowest BCUT2D eigenvalue weighted by Gasteiger charge is -1.98. The molecule has 0 saturated heterocycles. The molecule has 3 aromatic rings. The van der Waals surface area contributed by atoms with Gasteiger partial charge in [0.05, 0.1) is 5.75 Å². The molecule has 5 heteroatoms. The van der Waals surface area contributed by atoms with E-state index in [1.807, 2.05) is 6.07 Å². The molecule has 0 radical (unpaired) electrons. The zero-order valence-corrected chi connectivity index (χ0v) is 12.3. The van der Waals surface area contributed by atoms with Crippen LogP contribution in [0.1, 0.15) is 11.4 Å². The first-order valence-electron chi connectivity index (χ1n) is 6.52. The molecule has 1 heterocycles. The van der Waals surface area contributed by atoms with Crippen molar-refractivity contribution in [3.63, 3.8) is 0 Å². The smallest absolute Gasteiger partial charge is 0.258 e. The second-order valence-electron chi connectivity index (χ2n) is 4.67. The molecule has 3 rings (SSSR count). The van der Waals surface area contributed by atoms with Gasteiger partial charge in [-0.05, 0) is 37.3 Å². The number of phenolic OH excluding ortho intramolecular Hbond substituents is 1. The topological polar surface area (TPSA) is 59.2 Å². The van der Waals surface area contributed by atoms with Gasteiger partial charge in [0.1, 0.15) is 5.75 Å². The fraction of sp³-hybridized carbons (Fsp3) is 0.125. The van der Waals surface area contributed by atoms with Crippen LogP contribution in [0, 0.1) is 6.92 Å². The van der Waals surface area contributed by atoms with Crippen molar-refractivity contribution in [3.8, 4) is 17.2 Å². The van der Waals surface area contributed by atoms with Crippen molar-refractivity contribution in [2.24, 2.45) is 0 Å². The van der Waals surface area contributed by atoms with Crippen LogP contribution in [-0.4, -0.2) is 15.2 Å². The highest BCUT2D eigenvalue weighted by atomic mass is 32.2. The van der Waals surface area contributed by atoms with Gasteiger partial charge in [0.2, 0.25) is 0 Å². The van der Waals surface area contributed by atoms with Crippen LogP contribution in [-0.2, 0) is 5.75 Å². The predicted octanol–water partition coefficient (Wildman–Crippen LogP) is 4.04. The highest BCUT2D eigenvalue weighted by Crippen LogP contribution is 2.25. The SMILES string of the molecule is Cc1ccc(SCc2noc(-c3cccc(O)c3)n2)cc1. The van der Waals surface area contributed by atoms with Gasteiger partial charge in [0.25, 0.3) is 5.89 Å². The summed E-state index contributed by atoms with van der Waals surface area (Å²) in [6, 6.07) is 15.1. The summed E-state index contributed by atoms with van der Waals surface area (Å²) in [5.74, 6) is 1.89. The summed E-state index contributed by atoms with van der Waals surface area (Å²) >= 11 is 1.66. The zero-order chi connectivity index (χ0) is 14.7. The van der Waals surface area contributed by atoms with Gasteiger partial charge < -0.3 is 9.63 Å². The minimum absolute atomic E-state index is 0.182. The van der Waals surface area contributed by atoms with Gasteiger partial charge in [-0.1, -0.05) is 28.9 Å². The van der Waals surface area contributed by atoms with E-state index >= 15 is 0 Å². The van der Waals surface area contributed by atoms with Crippen molar-refractivity contribution < 1.29 is 9.63 Å². The van der Waals surface area contributed by atoms with Crippen molar-refractivity contribution >= 4 is 11.8 Å². The Hall–Kier alpha value is -2.27. The first kappa shape index (κ1) is 13.7. The molecule has 0 bridgehead atoms. The molecule has 106 valence electrons. The van der Waals surface area contributed by atoms with Crippen LogP contribution in [0.25, 0.3) is 11.5 Å². The molecule has 0 amide bonds. The number of phenols is 1. The third kappa shape index (κ3) is 3.44. The minimum Gasteiger partial charge on any atom is -0.508 e. The van der Waals surface area contributed by atoms with Crippen molar-refractivity contribution in [1.82, 2.24) is 10.1 Å². The van der Waals surface area contributed by atoms with E-state index in [2.05, 4.69) is 41.3 Å². The van der Waals surface area contributed by atoms with Crippen LogP contribution >= 0.6 is 11.8 Å². The highest BCUT2D eigenvalue weighted by Gasteiger charge is 2.09. The third-order valence-electron chi connectivity index (χ3n) is 2.95. The largest absolute Gasteiger partial charge is 0.508 e. The number of aryl methyl sites for hydroxylation is 1. The standard InChI is InChI=1S/C16H14N2O2S/c1-11-5-7-14(8-6-11)21-10-15-17-16(20-18-15)12-3-2-4-13(19)9-12/h2-9,19H,10H2,1H3. The summed E-state index contributed by atoms with van der Waals surface area (Å²) in [7, 11) is 0. The first-order valence-corrected chi connectivity index (χ1v) is 7.51. The molecule has 1 N–H and O–H groups in total. The molecule has 0 spiro atoms. The molecule has 0 saturated carbocycles. The average Bonchev–Trinajstić information content (AvgIpc) is 2.96. The minimum atomic E-state index is 0.182. The quantitative estimate of drug-likeness (QED) is 0.736. The van der Waals surface area contributed by atoms with E-state index in [9.17, 15) is 5.11 Å². The summed E-state index contributed by atoms with van der Waals surface area (Å²) in [4.78, 5) is 5.52. The van der Waals surface area contributed by atoms with Crippen LogP contribution in [0.15, 0.2) is 57.9 Å². The molecule has 0 fully saturated rings. The van der Waals surface area contributed by atoms with E-state index in [0.29, 0.717) is 23.0 Å². The lowest BCUT2D eigenvalue weighted by molar-refractivity contribution is 0.424. The third-order valence-corrected chi connectivity index (χ3v) is 3.96. The van der Waals surface area contributed by atoms with E-state index in [0.717, 1.165) is 0 Å². The fourth-order valence-corrected chi connectivity index (χ4v) is 2.59. The summed E-state index contributed by atoms with van der Waals surface area (Å²) < 4.78 is 5.23. The monoisotopic (exact) mass is 298 g/mol. The Morgan fingerprint density at radius 2 is 1.95 bits per heavy atom. The first-order chi connectivity index (χ1) is 10.2.